The molecule has 2 atom stereocenters. The Hall–Kier alpha value is -3.55. The van der Waals surface area contributed by atoms with Gasteiger partial charge in [-0.05, 0) is 35.7 Å². The molecule has 2 aromatic carbocycles. The molecular formula is C23H27N3O5. The molecule has 3 N–H and O–H groups in total. The van der Waals surface area contributed by atoms with E-state index in [-0.39, 0.29) is 24.3 Å². The fraction of sp³-hybridized carbons (Fsp3) is 0.348. The van der Waals surface area contributed by atoms with Gasteiger partial charge in [0.2, 0.25) is 11.8 Å². The van der Waals surface area contributed by atoms with E-state index in [2.05, 4.69) is 16.0 Å². The third kappa shape index (κ3) is 4.96. The summed E-state index contributed by atoms with van der Waals surface area (Å²) >= 11 is 0. The lowest BCUT2D eigenvalue weighted by molar-refractivity contribution is -0.126. The van der Waals surface area contributed by atoms with E-state index in [4.69, 9.17) is 9.47 Å². The van der Waals surface area contributed by atoms with E-state index in [1.54, 1.807) is 44.6 Å². The molecule has 8 heteroatoms. The Balaban J connectivity index is 1.74. The first-order valence-corrected chi connectivity index (χ1v) is 10.1. The van der Waals surface area contributed by atoms with Crippen LogP contribution in [-0.2, 0) is 9.59 Å². The normalized spacial score (nSPS) is 16.5. The average molecular weight is 425 g/mol. The molecule has 8 nitrogen and oxygen atoms in total. The van der Waals surface area contributed by atoms with Crippen LogP contribution < -0.4 is 25.4 Å². The largest absolute Gasteiger partial charge is 0.493 e. The van der Waals surface area contributed by atoms with Crippen LogP contribution in [0.2, 0.25) is 0 Å². The molecule has 0 bridgehead atoms. The number of anilines is 1. The lowest BCUT2D eigenvalue weighted by Crippen LogP contribution is -2.45. The Labute approximate surface area is 181 Å². The molecule has 0 aromatic heterocycles. The topological polar surface area (TPSA) is 106 Å². The van der Waals surface area contributed by atoms with Crippen molar-refractivity contribution in [2.75, 3.05) is 19.5 Å². The molecule has 0 fully saturated rings. The lowest BCUT2D eigenvalue weighted by atomic mass is 9.95. The number of carbonyl (C=O) groups excluding carboxylic acids is 3. The Kier molecular flexibility index (Phi) is 6.79. The predicted octanol–water partition coefficient (Wildman–Crippen LogP) is 2.66. The number of fused-ring (bicyclic) bond motifs is 1. The van der Waals surface area contributed by atoms with Crippen molar-refractivity contribution in [1.82, 2.24) is 10.6 Å². The van der Waals surface area contributed by atoms with Crippen molar-refractivity contribution < 1.29 is 23.9 Å². The van der Waals surface area contributed by atoms with Crippen molar-refractivity contribution >= 4 is 23.4 Å². The number of hydrogen-bond donors (Lipinski definition) is 3. The zero-order valence-electron chi connectivity index (χ0n) is 18.0. The van der Waals surface area contributed by atoms with Gasteiger partial charge in [0.15, 0.2) is 11.5 Å². The van der Waals surface area contributed by atoms with Gasteiger partial charge in [-0.3, -0.25) is 14.4 Å². The van der Waals surface area contributed by atoms with E-state index < -0.39 is 17.9 Å². The molecule has 2 aromatic rings. The summed E-state index contributed by atoms with van der Waals surface area (Å²) in [5.74, 6) is 0.0574. The minimum atomic E-state index is -0.974. The second kappa shape index (κ2) is 9.51. The van der Waals surface area contributed by atoms with Crippen LogP contribution >= 0.6 is 0 Å². The van der Waals surface area contributed by atoms with Crippen molar-refractivity contribution in [1.29, 1.82) is 0 Å². The van der Waals surface area contributed by atoms with Crippen LogP contribution in [0.15, 0.2) is 42.5 Å². The summed E-state index contributed by atoms with van der Waals surface area (Å²) in [4.78, 5) is 37.8. The first kappa shape index (κ1) is 22.1. The highest BCUT2D eigenvalue weighted by molar-refractivity contribution is 6.10. The monoisotopic (exact) mass is 425 g/mol. The van der Waals surface area contributed by atoms with E-state index in [0.29, 0.717) is 22.7 Å². The standard InChI is InChI=1S/C23H27N3O5/c1-13(2)21(14-9-10-18(30-3)19(11-14)31-4)26-20(27)12-17-23(29)24-16-8-6-5-7-15(16)22(28)25-17/h5-11,13,17,21H,12H2,1-4H3,(H,24,29)(H,25,28)(H,26,27)/t17-,21-/m0/s1. The molecular weight excluding hydrogens is 398 g/mol. The second-order valence-electron chi connectivity index (χ2n) is 7.67. The molecule has 0 saturated carbocycles. The van der Waals surface area contributed by atoms with Gasteiger partial charge < -0.3 is 25.4 Å². The van der Waals surface area contributed by atoms with E-state index in [1.807, 2.05) is 26.0 Å². The highest BCUT2D eigenvalue weighted by Crippen LogP contribution is 2.32. The van der Waals surface area contributed by atoms with Crippen LogP contribution in [0.3, 0.4) is 0 Å². The fourth-order valence-electron chi connectivity index (χ4n) is 3.55. The molecule has 1 aliphatic heterocycles. The van der Waals surface area contributed by atoms with Crippen molar-refractivity contribution in [3.05, 3.63) is 53.6 Å². The molecule has 3 amide bonds. The average Bonchev–Trinajstić information content (AvgIpc) is 2.87. The van der Waals surface area contributed by atoms with Crippen LogP contribution in [0.25, 0.3) is 0 Å². The minimum absolute atomic E-state index is 0.0730. The summed E-state index contributed by atoms with van der Waals surface area (Å²) in [7, 11) is 3.11. The minimum Gasteiger partial charge on any atom is -0.493 e. The van der Waals surface area contributed by atoms with Gasteiger partial charge in [-0.15, -0.1) is 0 Å². The van der Waals surface area contributed by atoms with Crippen molar-refractivity contribution in [3.8, 4) is 11.5 Å². The quantitative estimate of drug-likeness (QED) is 0.632. The number of benzene rings is 2. The predicted molar refractivity (Wildman–Crippen MR) is 116 cm³/mol. The Morgan fingerprint density at radius 3 is 2.45 bits per heavy atom. The summed E-state index contributed by atoms with van der Waals surface area (Å²) in [6.07, 6.45) is -0.179. The first-order valence-electron chi connectivity index (χ1n) is 10.1. The van der Waals surface area contributed by atoms with Gasteiger partial charge in [0.1, 0.15) is 6.04 Å². The van der Waals surface area contributed by atoms with Crippen LogP contribution in [0, 0.1) is 5.92 Å². The first-order chi connectivity index (χ1) is 14.8. The number of nitrogens with one attached hydrogen (secondary N) is 3. The maximum absolute atomic E-state index is 12.8. The third-order valence-electron chi connectivity index (χ3n) is 5.19. The molecule has 31 heavy (non-hydrogen) atoms. The maximum atomic E-state index is 12.8. The van der Waals surface area contributed by atoms with Crippen LogP contribution in [-0.4, -0.2) is 38.0 Å². The van der Waals surface area contributed by atoms with Gasteiger partial charge >= 0.3 is 0 Å². The molecule has 1 heterocycles. The van der Waals surface area contributed by atoms with Gasteiger partial charge in [-0.2, -0.15) is 0 Å². The van der Waals surface area contributed by atoms with Gasteiger partial charge in [-0.25, -0.2) is 0 Å². The highest BCUT2D eigenvalue weighted by Gasteiger charge is 2.30. The Morgan fingerprint density at radius 2 is 1.77 bits per heavy atom. The number of rotatable bonds is 7. The molecule has 0 saturated heterocycles. The second-order valence-corrected chi connectivity index (χ2v) is 7.67. The molecule has 0 spiro atoms. The zero-order valence-corrected chi connectivity index (χ0v) is 18.0. The van der Waals surface area contributed by atoms with E-state index >= 15 is 0 Å². The van der Waals surface area contributed by atoms with Gasteiger partial charge in [0, 0.05) is 0 Å². The summed E-state index contributed by atoms with van der Waals surface area (Å²) in [5.41, 5.74) is 1.64. The molecule has 1 aliphatic rings. The lowest BCUT2D eigenvalue weighted by Gasteiger charge is -2.25. The highest BCUT2D eigenvalue weighted by atomic mass is 16.5. The smallest absolute Gasteiger partial charge is 0.254 e. The molecule has 0 aliphatic carbocycles. The number of carbonyl (C=O) groups is 3. The summed E-state index contributed by atoms with van der Waals surface area (Å²) < 4.78 is 10.6. The fourth-order valence-corrected chi connectivity index (χ4v) is 3.55. The Morgan fingerprint density at radius 1 is 1.06 bits per heavy atom. The van der Waals surface area contributed by atoms with Crippen LogP contribution in [0.4, 0.5) is 5.69 Å². The number of ether oxygens (including phenoxy) is 2. The summed E-state index contributed by atoms with van der Waals surface area (Å²) in [5, 5.41) is 8.33. The number of methoxy groups -OCH3 is 2. The molecule has 0 radical (unpaired) electrons. The van der Waals surface area contributed by atoms with E-state index in [1.165, 1.54) is 0 Å². The van der Waals surface area contributed by atoms with Crippen molar-refractivity contribution in [3.63, 3.8) is 0 Å². The third-order valence-corrected chi connectivity index (χ3v) is 5.19. The number of para-hydroxylation sites is 1. The molecule has 0 unspecified atom stereocenters. The molecule has 164 valence electrons. The number of hydrogen-bond acceptors (Lipinski definition) is 5. The van der Waals surface area contributed by atoms with Gasteiger partial charge in [0.25, 0.3) is 5.91 Å². The van der Waals surface area contributed by atoms with Gasteiger partial charge in [-0.1, -0.05) is 32.0 Å². The van der Waals surface area contributed by atoms with E-state index in [0.717, 1.165) is 5.56 Å². The Bertz CT molecular complexity index is 989. The van der Waals surface area contributed by atoms with Gasteiger partial charge in [0.05, 0.1) is 37.9 Å². The van der Waals surface area contributed by atoms with E-state index in [9.17, 15) is 14.4 Å². The SMILES string of the molecule is COc1ccc([C@@H](NC(=O)C[C@@H]2NC(=O)c3ccccc3NC2=O)C(C)C)cc1OC. The number of amides is 3. The van der Waals surface area contributed by atoms with Crippen LogP contribution in [0.5, 0.6) is 11.5 Å². The maximum Gasteiger partial charge on any atom is 0.254 e. The van der Waals surface area contributed by atoms with Crippen molar-refractivity contribution in [2.24, 2.45) is 5.92 Å². The van der Waals surface area contributed by atoms with Crippen LogP contribution in [0.1, 0.15) is 42.2 Å². The molecule has 3 rings (SSSR count). The summed E-state index contributed by atoms with van der Waals surface area (Å²) in [6, 6.07) is 10.9. The summed E-state index contributed by atoms with van der Waals surface area (Å²) in [6.45, 7) is 3.97. The van der Waals surface area contributed by atoms with Crippen molar-refractivity contribution in [2.45, 2.75) is 32.4 Å². The zero-order chi connectivity index (χ0) is 22.5.